The monoisotopic (exact) mass is 530 g/mol. The number of phenols is 1. The number of methoxy groups -OCH3 is 1. The number of thiazole rings is 1. The summed E-state index contributed by atoms with van der Waals surface area (Å²) in [7, 11) is 1.44. The lowest BCUT2D eigenvalue weighted by molar-refractivity contribution is 0.0366. The van der Waals surface area contributed by atoms with E-state index in [1.54, 1.807) is 24.4 Å². The topological polar surface area (TPSA) is 91.5 Å². The van der Waals surface area contributed by atoms with Gasteiger partial charge in [-0.25, -0.2) is 4.98 Å². The maximum Gasteiger partial charge on any atom is 0.274 e. The first-order chi connectivity index (χ1) is 17.5. The molecule has 36 heavy (non-hydrogen) atoms. The molecule has 0 saturated carbocycles. The third-order valence-corrected chi connectivity index (χ3v) is 6.49. The highest BCUT2D eigenvalue weighted by Crippen LogP contribution is 2.35. The summed E-state index contributed by atoms with van der Waals surface area (Å²) in [5, 5.41) is 10.1. The average Bonchev–Trinajstić information content (AvgIpc) is 3.42. The second-order valence-electron chi connectivity index (χ2n) is 7.85. The van der Waals surface area contributed by atoms with Crippen LogP contribution in [0.5, 0.6) is 17.2 Å². The zero-order valence-corrected chi connectivity index (χ0v) is 21.6. The first kappa shape index (κ1) is 26.0. The number of ether oxygens (including phenoxy) is 4. The minimum Gasteiger partial charge on any atom is -0.503 e. The molecular formula is C26H27ClN2O6S. The van der Waals surface area contributed by atoms with Crippen molar-refractivity contribution in [3.05, 3.63) is 68.1 Å². The van der Waals surface area contributed by atoms with E-state index in [9.17, 15) is 9.90 Å². The Hall–Kier alpha value is -3.11. The van der Waals surface area contributed by atoms with E-state index < -0.39 is 0 Å². The molecule has 4 rings (SSSR count). The molecule has 0 bridgehead atoms. The first-order valence-corrected chi connectivity index (χ1v) is 12.7. The molecule has 4 aromatic rings. The molecule has 0 aliphatic carbocycles. The molecule has 0 spiro atoms. The lowest BCUT2D eigenvalue weighted by Crippen LogP contribution is -2.22. The molecule has 0 fully saturated rings. The summed E-state index contributed by atoms with van der Waals surface area (Å²) < 4.78 is 23.8. The van der Waals surface area contributed by atoms with Gasteiger partial charge < -0.3 is 24.1 Å². The Morgan fingerprint density at radius 3 is 2.64 bits per heavy atom. The minimum atomic E-state index is -0.190. The van der Waals surface area contributed by atoms with Gasteiger partial charge in [-0.2, -0.15) is 0 Å². The van der Waals surface area contributed by atoms with E-state index >= 15 is 0 Å². The van der Waals surface area contributed by atoms with Crippen molar-refractivity contribution >= 4 is 34.0 Å². The number of rotatable bonds is 12. The van der Waals surface area contributed by atoms with Gasteiger partial charge in [0.05, 0.1) is 42.2 Å². The number of benzene rings is 2. The molecule has 10 heteroatoms. The number of aromatic nitrogens is 2. The maximum atomic E-state index is 13.0. The van der Waals surface area contributed by atoms with Gasteiger partial charge >= 0.3 is 0 Å². The summed E-state index contributed by atoms with van der Waals surface area (Å²) in [6.45, 7) is 4.83. The summed E-state index contributed by atoms with van der Waals surface area (Å²) in [6.07, 6.45) is 4.41. The second kappa shape index (κ2) is 12.2. The molecule has 2 aromatic carbocycles. The highest BCUT2D eigenvalue weighted by molar-refractivity contribution is 7.15. The van der Waals surface area contributed by atoms with Crippen LogP contribution in [0.1, 0.15) is 18.9 Å². The van der Waals surface area contributed by atoms with Crippen molar-refractivity contribution in [3.8, 4) is 28.5 Å². The lowest BCUT2D eigenvalue weighted by atomic mass is 10.1. The third-order valence-electron chi connectivity index (χ3n) is 5.22. The number of nitrogens with zero attached hydrogens (tertiary/aromatic N) is 2. The summed E-state index contributed by atoms with van der Waals surface area (Å²) in [4.78, 5) is 18.2. The molecule has 2 aromatic heterocycles. The molecule has 1 N–H and O–H groups in total. The lowest BCUT2D eigenvalue weighted by Gasteiger charge is -2.08. The third kappa shape index (κ3) is 6.17. The van der Waals surface area contributed by atoms with Crippen molar-refractivity contribution in [2.75, 3.05) is 40.1 Å². The van der Waals surface area contributed by atoms with E-state index in [4.69, 9.17) is 30.5 Å². The highest BCUT2D eigenvalue weighted by Gasteiger charge is 2.12. The number of phenolic OH excluding ortho intramolecular Hbond substituents is 1. The van der Waals surface area contributed by atoms with Gasteiger partial charge in [0.1, 0.15) is 12.4 Å². The molecule has 2 heterocycles. The number of aromatic hydroxyl groups is 1. The van der Waals surface area contributed by atoms with E-state index in [1.807, 2.05) is 24.3 Å². The Balaban J connectivity index is 1.46. The second-order valence-corrected chi connectivity index (χ2v) is 9.27. The predicted molar refractivity (Wildman–Crippen MR) is 141 cm³/mol. The molecule has 0 amide bonds. The predicted octanol–water partition coefficient (Wildman–Crippen LogP) is 4.16. The Morgan fingerprint density at radius 1 is 1.11 bits per heavy atom. The standard InChI is InChI=1S/C26H27ClN2O6S/c1-3-7-33-8-9-34-10-11-35-19-6-4-5-18(15-19)21-16-29-25(31)23(36-26(29)28-21)14-17-12-20(27)24(30)22(13-17)32-2/h4-6,12-16,30H,3,7-11H2,1-2H3. The Bertz CT molecular complexity index is 1430. The number of hydrogen-bond donors (Lipinski definition) is 1. The van der Waals surface area contributed by atoms with Gasteiger partial charge in [0, 0.05) is 18.4 Å². The van der Waals surface area contributed by atoms with E-state index in [0.29, 0.717) is 52.9 Å². The molecule has 0 aliphatic rings. The van der Waals surface area contributed by atoms with Gasteiger partial charge in [-0.05, 0) is 42.3 Å². The molecule has 0 unspecified atom stereocenters. The number of imidazole rings is 1. The van der Waals surface area contributed by atoms with Crippen molar-refractivity contribution in [3.63, 3.8) is 0 Å². The zero-order chi connectivity index (χ0) is 25.5. The SMILES string of the molecule is CCCOCCOCCOc1cccc(-c2cn3c(=O)c(=Cc4cc(Cl)c(O)c(OC)c4)sc3n2)c1. The van der Waals surface area contributed by atoms with Crippen LogP contribution in [0.25, 0.3) is 22.3 Å². The van der Waals surface area contributed by atoms with Crippen molar-refractivity contribution in [1.82, 2.24) is 9.38 Å². The minimum absolute atomic E-state index is 0.139. The van der Waals surface area contributed by atoms with Crippen LogP contribution >= 0.6 is 22.9 Å². The van der Waals surface area contributed by atoms with Crippen LogP contribution in [0.2, 0.25) is 5.02 Å². The molecule has 190 valence electrons. The molecule has 8 nitrogen and oxygen atoms in total. The molecule has 0 atom stereocenters. The average molecular weight is 531 g/mol. The number of fused-ring (bicyclic) bond motifs is 1. The summed E-state index contributed by atoms with van der Waals surface area (Å²) >= 11 is 7.34. The van der Waals surface area contributed by atoms with E-state index in [2.05, 4.69) is 11.9 Å². The number of hydrogen-bond acceptors (Lipinski definition) is 8. The van der Waals surface area contributed by atoms with Crippen molar-refractivity contribution in [2.24, 2.45) is 0 Å². The molecular weight excluding hydrogens is 504 g/mol. The number of halogens is 1. The summed E-state index contributed by atoms with van der Waals surface area (Å²) in [5.41, 5.74) is 1.97. The van der Waals surface area contributed by atoms with Crippen molar-refractivity contribution in [2.45, 2.75) is 13.3 Å². The Kier molecular flexibility index (Phi) is 8.82. The van der Waals surface area contributed by atoms with E-state index in [1.165, 1.54) is 22.8 Å². The van der Waals surface area contributed by atoms with Gasteiger partial charge in [-0.3, -0.25) is 9.20 Å². The van der Waals surface area contributed by atoms with Crippen LogP contribution in [-0.4, -0.2) is 54.6 Å². The fourth-order valence-corrected chi connectivity index (χ4v) is 4.66. The van der Waals surface area contributed by atoms with E-state index in [-0.39, 0.29) is 22.1 Å². The first-order valence-electron chi connectivity index (χ1n) is 11.5. The largest absolute Gasteiger partial charge is 0.503 e. The smallest absolute Gasteiger partial charge is 0.274 e. The molecule has 0 radical (unpaired) electrons. The van der Waals surface area contributed by atoms with Crippen molar-refractivity contribution in [1.29, 1.82) is 0 Å². The van der Waals surface area contributed by atoms with Gasteiger partial charge in [0.25, 0.3) is 5.56 Å². The summed E-state index contributed by atoms with van der Waals surface area (Å²) in [6, 6.07) is 10.8. The van der Waals surface area contributed by atoms with Crippen LogP contribution < -0.4 is 19.6 Å². The van der Waals surface area contributed by atoms with Gasteiger partial charge in [0.2, 0.25) is 0 Å². The summed E-state index contributed by atoms with van der Waals surface area (Å²) in [5.74, 6) is 0.795. The Morgan fingerprint density at radius 2 is 1.89 bits per heavy atom. The van der Waals surface area contributed by atoms with Gasteiger partial charge in [-0.1, -0.05) is 42.0 Å². The molecule has 0 saturated heterocycles. The maximum absolute atomic E-state index is 13.0. The van der Waals surface area contributed by atoms with Crippen LogP contribution in [0.4, 0.5) is 0 Å². The Labute approximate surface area is 217 Å². The molecule has 0 aliphatic heterocycles. The quantitative estimate of drug-likeness (QED) is 0.275. The zero-order valence-electron chi connectivity index (χ0n) is 20.0. The van der Waals surface area contributed by atoms with Crippen LogP contribution in [0.15, 0.2) is 47.4 Å². The fraction of sp³-hybridized carbons (Fsp3) is 0.308. The fourth-order valence-electron chi connectivity index (χ4n) is 3.49. The highest BCUT2D eigenvalue weighted by atomic mass is 35.5. The van der Waals surface area contributed by atoms with Crippen LogP contribution in [-0.2, 0) is 9.47 Å². The van der Waals surface area contributed by atoms with Gasteiger partial charge in [-0.15, -0.1) is 0 Å². The van der Waals surface area contributed by atoms with Crippen LogP contribution in [0, 0.1) is 0 Å². The van der Waals surface area contributed by atoms with Crippen LogP contribution in [0.3, 0.4) is 0 Å². The van der Waals surface area contributed by atoms with Crippen molar-refractivity contribution < 1.29 is 24.1 Å². The van der Waals surface area contributed by atoms with Gasteiger partial charge in [0.15, 0.2) is 16.5 Å². The normalized spacial score (nSPS) is 11.9. The van der Waals surface area contributed by atoms with E-state index in [0.717, 1.165) is 18.6 Å².